The van der Waals surface area contributed by atoms with Crippen LogP contribution in [0.1, 0.15) is 64.7 Å². The number of ether oxygens (including phenoxy) is 1. The summed E-state index contributed by atoms with van der Waals surface area (Å²) in [6, 6.07) is 12.5. The van der Waals surface area contributed by atoms with Crippen LogP contribution < -0.4 is 4.90 Å². The zero-order valence-corrected chi connectivity index (χ0v) is 16.5. The smallest absolute Gasteiger partial charge is 0.0731 e. The second-order valence-electron chi connectivity index (χ2n) is 8.62. The molecule has 0 aromatic heterocycles. The van der Waals surface area contributed by atoms with Gasteiger partial charge in [0, 0.05) is 37.5 Å². The lowest BCUT2D eigenvalue weighted by atomic mass is 9.80. The van der Waals surface area contributed by atoms with Crippen molar-refractivity contribution in [2.75, 3.05) is 31.1 Å². The van der Waals surface area contributed by atoms with E-state index in [-0.39, 0.29) is 5.60 Å². The molecule has 1 aromatic rings. The molecule has 2 saturated heterocycles. The first-order valence-electron chi connectivity index (χ1n) is 11.0. The summed E-state index contributed by atoms with van der Waals surface area (Å²) in [6.45, 7) is 6.80. The third-order valence-corrected chi connectivity index (χ3v) is 7.14. The minimum Gasteiger partial charge on any atom is -0.375 e. The monoisotopic (exact) mass is 356 g/mol. The Morgan fingerprint density at radius 1 is 1.00 bits per heavy atom. The van der Waals surface area contributed by atoms with Gasteiger partial charge in [-0.25, -0.2) is 0 Å². The van der Waals surface area contributed by atoms with Crippen LogP contribution >= 0.6 is 0 Å². The Balaban J connectivity index is 1.38. The molecule has 3 heteroatoms. The lowest BCUT2D eigenvalue weighted by Gasteiger charge is -2.50. The zero-order valence-electron chi connectivity index (χ0n) is 16.5. The van der Waals surface area contributed by atoms with Crippen LogP contribution in [-0.2, 0) is 4.74 Å². The van der Waals surface area contributed by atoms with Crippen molar-refractivity contribution >= 4 is 5.69 Å². The first-order valence-corrected chi connectivity index (χ1v) is 11.0. The maximum atomic E-state index is 6.45. The fourth-order valence-corrected chi connectivity index (χ4v) is 5.67. The number of piperidine rings is 1. The fraction of sp³-hybridized carbons (Fsp3) is 0.739. The van der Waals surface area contributed by atoms with Gasteiger partial charge in [-0.15, -0.1) is 0 Å². The van der Waals surface area contributed by atoms with Gasteiger partial charge >= 0.3 is 0 Å². The first-order chi connectivity index (χ1) is 12.8. The molecule has 4 rings (SSSR count). The molecule has 1 spiro atoms. The van der Waals surface area contributed by atoms with Gasteiger partial charge in [-0.2, -0.15) is 0 Å². The van der Waals surface area contributed by atoms with Crippen LogP contribution in [0, 0.1) is 0 Å². The third kappa shape index (κ3) is 3.94. The summed E-state index contributed by atoms with van der Waals surface area (Å²) in [5, 5.41) is 0. The van der Waals surface area contributed by atoms with Crippen LogP contribution in [-0.4, -0.2) is 48.8 Å². The van der Waals surface area contributed by atoms with E-state index in [2.05, 4.69) is 47.1 Å². The van der Waals surface area contributed by atoms with Gasteiger partial charge in [0.2, 0.25) is 0 Å². The molecule has 3 fully saturated rings. The molecule has 1 unspecified atom stereocenters. The Morgan fingerprint density at radius 2 is 1.73 bits per heavy atom. The lowest BCUT2D eigenvalue weighted by molar-refractivity contribution is -0.123. The van der Waals surface area contributed by atoms with Crippen LogP contribution in [0.25, 0.3) is 0 Å². The van der Waals surface area contributed by atoms with Crippen LogP contribution in [0.2, 0.25) is 0 Å². The van der Waals surface area contributed by atoms with E-state index >= 15 is 0 Å². The number of rotatable bonds is 4. The molecule has 2 aliphatic heterocycles. The van der Waals surface area contributed by atoms with E-state index in [0.29, 0.717) is 0 Å². The molecule has 0 N–H and O–H groups in total. The minimum atomic E-state index is 0.135. The Bertz CT molecular complexity index is 547. The molecule has 3 nitrogen and oxygen atoms in total. The number of hydrogen-bond acceptors (Lipinski definition) is 3. The molecule has 0 radical (unpaired) electrons. The van der Waals surface area contributed by atoms with Crippen molar-refractivity contribution in [3.63, 3.8) is 0 Å². The Hall–Kier alpha value is -1.06. The van der Waals surface area contributed by atoms with Gasteiger partial charge in [0.25, 0.3) is 0 Å². The van der Waals surface area contributed by atoms with Crippen LogP contribution in [0.3, 0.4) is 0 Å². The summed E-state index contributed by atoms with van der Waals surface area (Å²) < 4.78 is 6.45. The summed E-state index contributed by atoms with van der Waals surface area (Å²) in [6.07, 6.45) is 12.0. The Morgan fingerprint density at radius 3 is 2.42 bits per heavy atom. The molecule has 0 bridgehead atoms. The second-order valence-corrected chi connectivity index (χ2v) is 8.62. The van der Waals surface area contributed by atoms with Crippen molar-refractivity contribution in [3.8, 4) is 0 Å². The summed E-state index contributed by atoms with van der Waals surface area (Å²) in [5.41, 5.74) is 1.50. The number of nitrogens with zero attached hydrogens (tertiary/aromatic N) is 2. The van der Waals surface area contributed by atoms with Crippen molar-refractivity contribution in [3.05, 3.63) is 30.3 Å². The molecule has 1 aromatic carbocycles. The third-order valence-electron chi connectivity index (χ3n) is 7.14. The van der Waals surface area contributed by atoms with E-state index in [0.717, 1.165) is 31.8 Å². The van der Waals surface area contributed by atoms with E-state index < -0.39 is 0 Å². The van der Waals surface area contributed by atoms with Crippen molar-refractivity contribution in [2.24, 2.45) is 0 Å². The molecular weight excluding hydrogens is 320 g/mol. The number of hydrogen-bond donors (Lipinski definition) is 0. The predicted molar refractivity (Wildman–Crippen MR) is 109 cm³/mol. The molecule has 3 aliphatic rings. The quantitative estimate of drug-likeness (QED) is 0.766. The van der Waals surface area contributed by atoms with E-state index in [9.17, 15) is 0 Å². The van der Waals surface area contributed by atoms with Gasteiger partial charge in [-0.05, 0) is 57.2 Å². The van der Waals surface area contributed by atoms with Gasteiger partial charge in [-0.1, -0.05) is 44.4 Å². The maximum Gasteiger partial charge on any atom is 0.0731 e. The van der Waals surface area contributed by atoms with Crippen molar-refractivity contribution in [2.45, 2.75) is 82.4 Å². The molecule has 2 heterocycles. The molecule has 1 atom stereocenters. The molecule has 0 amide bonds. The Kier molecular flexibility index (Phi) is 5.85. The predicted octanol–water partition coefficient (Wildman–Crippen LogP) is 4.86. The average molecular weight is 357 g/mol. The molecule has 26 heavy (non-hydrogen) atoms. The fourth-order valence-electron chi connectivity index (χ4n) is 5.67. The largest absolute Gasteiger partial charge is 0.375 e. The van der Waals surface area contributed by atoms with Crippen LogP contribution in [0.4, 0.5) is 5.69 Å². The standard InChI is InChI=1S/C23H36N2O/c1-2-25(21-11-7-4-8-12-21)22-13-18-26-23(19-22)14-16-24(17-15-23)20-9-5-3-6-10-20/h3,5-6,9-10,21-22H,2,4,7-8,11-19H2,1H3. The summed E-state index contributed by atoms with van der Waals surface area (Å²) in [7, 11) is 0. The molecular formula is C23H36N2O. The highest BCUT2D eigenvalue weighted by molar-refractivity contribution is 5.46. The number of benzene rings is 1. The SMILES string of the molecule is CCN(C1CCCCC1)C1CCOC2(CCN(c3ccccc3)CC2)C1. The van der Waals surface area contributed by atoms with Gasteiger partial charge < -0.3 is 9.64 Å². The average Bonchev–Trinajstić information content (AvgIpc) is 2.71. The molecule has 1 aliphatic carbocycles. The zero-order chi connectivity index (χ0) is 17.8. The lowest BCUT2D eigenvalue weighted by Crippen LogP contribution is -2.55. The van der Waals surface area contributed by atoms with E-state index in [1.165, 1.54) is 70.0 Å². The van der Waals surface area contributed by atoms with E-state index in [1.807, 2.05) is 0 Å². The summed E-state index contributed by atoms with van der Waals surface area (Å²) in [4.78, 5) is 5.39. The van der Waals surface area contributed by atoms with Crippen molar-refractivity contribution in [1.29, 1.82) is 0 Å². The highest BCUT2D eigenvalue weighted by Crippen LogP contribution is 2.39. The normalized spacial score (nSPS) is 27.2. The number of anilines is 1. The minimum absolute atomic E-state index is 0.135. The molecule has 144 valence electrons. The van der Waals surface area contributed by atoms with Crippen LogP contribution in [0.5, 0.6) is 0 Å². The van der Waals surface area contributed by atoms with Gasteiger partial charge in [0.15, 0.2) is 0 Å². The highest BCUT2D eigenvalue weighted by Gasteiger charge is 2.42. The first kappa shape index (κ1) is 18.3. The Labute approximate surface area is 159 Å². The van der Waals surface area contributed by atoms with Crippen molar-refractivity contribution in [1.82, 2.24) is 4.90 Å². The van der Waals surface area contributed by atoms with Gasteiger partial charge in [0.1, 0.15) is 0 Å². The van der Waals surface area contributed by atoms with Crippen LogP contribution in [0.15, 0.2) is 30.3 Å². The van der Waals surface area contributed by atoms with Crippen molar-refractivity contribution < 1.29 is 4.74 Å². The van der Waals surface area contributed by atoms with Gasteiger partial charge in [0.05, 0.1) is 5.60 Å². The van der Waals surface area contributed by atoms with E-state index in [4.69, 9.17) is 4.74 Å². The van der Waals surface area contributed by atoms with E-state index in [1.54, 1.807) is 0 Å². The highest BCUT2D eigenvalue weighted by atomic mass is 16.5. The summed E-state index contributed by atoms with van der Waals surface area (Å²) >= 11 is 0. The maximum absolute atomic E-state index is 6.45. The number of para-hydroxylation sites is 1. The molecule has 1 saturated carbocycles. The topological polar surface area (TPSA) is 15.7 Å². The second kappa shape index (κ2) is 8.31. The summed E-state index contributed by atoms with van der Waals surface area (Å²) in [5.74, 6) is 0. The van der Waals surface area contributed by atoms with Gasteiger partial charge in [-0.3, -0.25) is 4.90 Å².